The van der Waals surface area contributed by atoms with Crippen LogP contribution in [0, 0.1) is 11.6 Å². The zero-order chi connectivity index (χ0) is 26.1. The van der Waals surface area contributed by atoms with E-state index >= 15 is 0 Å². The molecule has 0 saturated heterocycles. The lowest BCUT2D eigenvalue weighted by molar-refractivity contribution is 0.00520. The number of amides is 1. The summed E-state index contributed by atoms with van der Waals surface area (Å²) in [6.07, 6.45) is -0.381. The van der Waals surface area contributed by atoms with E-state index in [-0.39, 0.29) is 6.42 Å². The van der Waals surface area contributed by atoms with Crippen LogP contribution >= 0.6 is 0 Å². The number of benzene rings is 3. The van der Waals surface area contributed by atoms with Crippen molar-refractivity contribution in [2.45, 2.75) is 51.8 Å². The van der Waals surface area contributed by atoms with E-state index in [0.717, 1.165) is 5.56 Å². The van der Waals surface area contributed by atoms with Crippen LogP contribution in [0.15, 0.2) is 77.9 Å². The molecule has 0 radical (unpaired) electrons. The first kappa shape index (κ1) is 25.2. The molecule has 1 unspecified atom stereocenters. The van der Waals surface area contributed by atoms with Gasteiger partial charge in [0.05, 0.1) is 5.54 Å². The summed E-state index contributed by atoms with van der Waals surface area (Å²) in [7, 11) is 0. The molecular formula is C28H29F2N3O3. The number of amidine groups is 1. The topological polar surface area (TPSA) is 65.4 Å². The van der Waals surface area contributed by atoms with Crippen molar-refractivity contribution in [2.24, 2.45) is 5.10 Å². The molecule has 1 aliphatic heterocycles. The van der Waals surface area contributed by atoms with E-state index in [0.29, 0.717) is 23.6 Å². The molecule has 1 amide bonds. The summed E-state index contributed by atoms with van der Waals surface area (Å²) in [4.78, 5) is 15.1. The number of halogens is 2. The number of nitrogens with zero attached hydrogens (tertiary/aromatic N) is 3. The van der Waals surface area contributed by atoms with E-state index in [9.17, 15) is 18.7 Å². The molecule has 0 spiro atoms. The molecule has 0 aliphatic carbocycles. The Morgan fingerprint density at radius 3 is 2.36 bits per heavy atom. The fourth-order valence-corrected chi connectivity index (χ4v) is 4.14. The third-order valence-corrected chi connectivity index (χ3v) is 5.95. The van der Waals surface area contributed by atoms with E-state index in [1.165, 1.54) is 29.3 Å². The maximum atomic E-state index is 13.9. The van der Waals surface area contributed by atoms with Gasteiger partial charge in [0, 0.05) is 24.7 Å². The van der Waals surface area contributed by atoms with Gasteiger partial charge in [-0.05, 0) is 63.1 Å². The van der Waals surface area contributed by atoms with Crippen molar-refractivity contribution < 1.29 is 23.4 Å². The van der Waals surface area contributed by atoms with Gasteiger partial charge in [-0.1, -0.05) is 42.5 Å². The molecule has 188 valence electrons. The van der Waals surface area contributed by atoms with E-state index < -0.39 is 34.6 Å². The average molecular weight is 494 g/mol. The number of phenols is 1. The van der Waals surface area contributed by atoms with Crippen LogP contribution in [0.2, 0.25) is 0 Å². The molecule has 6 nitrogen and oxygen atoms in total. The highest BCUT2D eigenvalue weighted by Crippen LogP contribution is 2.40. The molecule has 3 aromatic rings. The predicted octanol–water partition coefficient (Wildman–Crippen LogP) is 6.55. The number of carbonyl (C=O) groups is 1. The number of hydrogen-bond acceptors (Lipinski definition) is 5. The molecule has 36 heavy (non-hydrogen) atoms. The van der Waals surface area contributed by atoms with Crippen LogP contribution in [0.4, 0.5) is 19.3 Å². The Labute approximate surface area is 209 Å². The van der Waals surface area contributed by atoms with Gasteiger partial charge in [0.25, 0.3) is 0 Å². The SMILES string of the molecule is CC(C)(C)OC(=O)N1N=C(N(Cc2ccccc2)c2ccc(F)c(O)c2)CC1(C)c1ccc(F)cc1. The summed E-state index contributed by atoms with van der Waals surface area (Å²) >= 11 is 0. The number of anilines is 1. The van der Waals surface area contributed by atoms with Crippen LogP contribution in [0.3, 0.4) is 0 Å². The van der Waals surface area contributed by atoms with Crippen molar-refractivity contribution in [1.29, 1.82) is 0 Å². The molecule has 1 heterocycles. The lowest BCUT2D eigenvalue weighted by Gasteiger charge is -2.34. The van der Waals surface area contributed by atoms with Gasteiger partial charge in [0.1, 0.15) is 17.3 Å². The van der Waals surface area contributed by atoms with E-state index in [1.807, 2.05) is 42.2 Å². The molecular weight excluding hydrogens is 464 g/mol. The van der Waals surface area contributed by atoms with Gasteiger partial charge >= 0.3 is 6.09 Å². The maximum Gasteiger partial charge on any atom is 0.431 e. The number of phenolic OH excluding ortho intramolecular Hbond substituents is 1. The third-order valence-electron chi connectivity index (χ3n) is 5.95. The van der Waals surface area contributed by atoms with Crippen molar-refractivity contribution >= 4 is 17.6 Å². The van der Waals surface area contributed by atoms with Gasteiger partial charge in [-0.2, -0.15) is 10.1 Å². The van der Waals surface area contributed by atoms with Crippen LogP contribution in [-0.2, 0) is 16.8 Å². The summed E-state index contributed by atoms with van der Waals surface area (Å²) < 4.78 is 33.2. The minimum Gasteiger partial charge on any atom is -0.505 e. The summed E-state index contributed by atoms with van der Waals surface area (Å²) in [5.41, 5.74) is 0.385. The van der Waals surface area contributed by atoms with E-state index in [2.05, 4.69) is 5.10 Å². The zero-order valence-electron chi connectivity index (χ0n) is 20.7. The van der Waals surface area contributed by atoms with E-state index in [4.69, 9.17) is 4.74 Å². The smallest absolute Gasteiger partial charge is 0.431 e. The fraction of sp³-hybridized carbons (Fsp3) is 0.286. The normalized spacial score (nSPS) is 17.6. The number of hydrogen-bond donors (Lipinski definition) is 1. The molecule has 3 aromatic carbocycles. The Kier molecular flexibility index (Phi) is 6.71. The van der Waals surface area contributed by atoms with Crippen LogP contribution in [0.5, 0.6) is 5.75 Å². The summed E-state index contributed by atoms with van der Waals surface area (Å²) in [5, 5.41) is 16.0. The van der Waals surface area contributed by atoms with Crippen LogP contribution < -0.4 is 4.90 Å². The first-order valence-corrected chi connectivity index (χ1v) is 11.6. The second kappa shape index (κ2) is 9.60. The summed E-state index contributed by atoms with van der Waals surface area (Å²) in [5.74, 6) is -1.12. The van der Waals surface area contributed by atoms with Crippen molar-refractivity contribution in [1.82, 2.24) is 5.01 Å². The van der Waals surface area contributed by atoms with Gasteiger partial charge < -0.3 is 14.7 Å². The van der Waals surface area contributed by atoms with Gasteiger partial charge in [-0.25, -0.2) is 13.6 Å². The standard InChI is InChI=1S/C28H29F2N3O3/c1-27(2,3)36-26(35)33-28(4,20-10-12-21(29)13-11-20)17-25(31-33)32(18-19-8-6-5-7-9-19)22-14-15-23(30)24(34)16-22/h5-16,34H,17-18H2,1-4H3. The average Bonchev–Trinajstić information content (AvgIpc) is 3.18. The van der Waals surface area contributed by atoms with Gasteiger partial charge in [-0.15, -0.1) is 0 Å². The minimum absolute atomic E-state index is 0.267. The van der Waals surface area contributed by atoms with Crippen LogP contribution in [0.25, 0.3) is 0 Å². The second-order valence-corrected chi connectivity index (χ2v) is 9.97. The first-order chi connectivity index (χ1) is 17.0. The number of rotatable bonds is 4. The molecule has 8 heteroatoms. The second-order valence-electron chi connectivity index (χ2n) is 9.97. The number of ether oxygens (including phenoxy) is 1. The maximum absolute atomic E-state index is 13.9. The summed E-state index contributed by atoms with van der Waals surface area (Å²) in [6, 6.07) is 19.6. The molecule has 4 rings (SSSR count). The first-order valence-electron chi connectivity index (χ1n) is 11.6. The molecule has 1 atom stereocenters. The molecule has 1 N–H and O–H groups in total. The molecule has 0 aromatic heterocycles. The van der Waals surface area contributed by atoms with Crippen molar-refractivity contribution in [3.63, 3.8) is 0 Å². The van der Waals surface area contributed by atoms with E-state index in [1.54, 1.807) is 39.0 Å². The van der Waals surface area contributed by atoms with Crippen molar-refractivity contribution in [3.8, 4) is 5.75 Å². The highest BCUT2D eigenvalue weighted by atomic mass is 19.1. The Balaban J connectivity index is 1.80. The van der Waals surface area contributed by atoms with Crippen LogP contribution in [0.1, 0.15) is 45.2 Å². The van der Waals surface area contributed by atoms with Crippen LogP contribution in [-0.4, -0.2) is 27.6 Å². The highest BCUT2D eigenvalue weighted by Gasteiger charge is 2.47. The minimum atomic E-state index is -0.984. The number of hydrazone groups is 1. The largest absolute Gasteiger partial charge is 0.505 e. The Bertz CT molecular complexity index is 1270. The van der Waals surface area contributed by atoms with Gasteiger partial charge in [0.2, 0.25) is 0 Å². The third kappa shape index (κ3) is 5.32. The fourth-order valence-electron chi connectivity index (χ4n) is 4.14. The van der Waals surface area contributed by atoms with Crippen molar-refractivity contribution in [3.05, 3.63) is 95.6 Å². The van der Waals surface area contributed by atoms with Crippen molar-refractivity contribution in [2.75, 3.05) is 4.90 Å². The Morgan fingerprint density at radius 1 is 1.08 bits per heavy atom. The quantitative estimate of drug-likeness (QED) is 0.448. The molecule has 1 aliphatic rings. The summed E-state index contributed by atoms with van der Waals surface area (Å²) in [6.45, 7) is 7.49. The van der Waals surface area contributed by atoms with Gasteiger partial charge in [-0.3, -0.25) is 0 Å². The highest BCUT2D eigenvalue weighted by molar-refractivity contribution is 6.00. The zero-order valence-corrected chi connectivity index (χ0v) is 20.7. The lowest BCUT2D eigenvalue weighted by Crippen LogP contribution is -2.44. The Hall–Kier alpha value is -3.94. The lowest BCUT2D eigenvalue weighted by atomic mass is 9.88. The predicted molar refractivity (Wildman–Crippen MR) is 135 cm³/mol. The molecule has 0 saturated carbocycles. The number of aromatic hydroxyl groups is 1. The van der Waals surface area contributed by atoms with Gasteiger partial charge in [0.15, 0.2) is 11.6 Å². The monoisotopic (exact) mass is 493 g/mol. The Morgan fingerprint density at radius 2 is 1.75 bits per heavy atom. The number of carbonyl (C=O) groups excluding carboxylic acids is 1. The molecule has 0 fully saturated rings. The molecule has 0 bridgehead atoms.